The summed E-state index contributed by atoms with van der Waals surface area (Å²) in [6, 6.07) is 0. The number of nitrogens with zero attached hydrogens (tertiary/aromatic N) is 2. The van der Waals surface area contributed by atoms with Gasteiger partial charge in [-0.15, -0.1) is 0 Å². The lowest BCUT2D eigenvalue weighted by molar-refractivity contribution is -0.142. The fourth-order valence-corrected chi connectivity index (χ4v) is 3.55. The molecule has 0 fully saturated rings. The maximum absolute atomic E-state index is 13.3. The molecule has 0 bridgehead atoms. The van der Waals surface area contributed by atoms with Gasteiger partial charge in [-0.1, -0.05) is 38.3 Å². The Balaban J connectivity index is 5.55. The zero-order chi connectivity index (χ0) is 24.7. The number of aliphatic hydroxyl groups excluding tert-OH is 4. The van der Waals surface area contributed by atoms with Crippen molar-refractivity contribution in [2.45, 2.75) is 97.6 Å². The van der Waals surface area contributed by atoms with Crippen LogP contribution in [0.25, 0.3) is 0 Å². The van der Waals surface area contributed by atoms with Crippen molar-refractivity contribution < 1.29 is 30.0 Å². The average molecular weight is 459 g/mol. The molecule has 0 radical (unpaired) electrons. The number of carbonyl (C=O) groups is 2. The molecule has 4 N–H and O–H groups in total. The van der Waals surface area contributed by atoms with Crippen molar-refractivity contribution in [3.63, 3.8) is 0 Å². The molecule has 0 aromatic carbocycles. The summed E-state index contributed by atoms with van der Waals surface area (Å²) in [6.45, 7) is 8.66. The Morgan fingerprint density at radius 2 is 1.22 bits per heavy atom. The lowest BCUT2D eigenvalue weighted by Gasteiger charge is -2.30. The quantitative estimate of drug-likeness (QED) is 0.194. The zero-order valence-corrected chi connectivity index (χ0v) is 20.6. The van der Waals surface area contributed by atoms with E-state index in [1.54, 1.807) is 33.8 Å². The first-order chi connectivity index (χ1) is 15.0. The Morgan fingerprint density at radius 1 is 0.750 bits per heavy atom. The van der Waals surface area contributed by atoms with Gasteiger partial charge >= 0.3 is 0 Å². The van der Waals surface area contributed by atoms with Crippen LogP contribution in [0.3, 0.4) is 0 Å². The highest BCUT2D eigenvalue weighted by Crippen LogP contribution is 2.16. The smallest absolute Gasteiger partial charge is 0.230 e. The van der Waals surface area contributed by atoms with E-state index in [0.29, 0.717) is 0 Å². The lowest BCUT2D eigenvalue weighted by atomic mass is 10.00. The minimum Gasteiger partial charge on any atom is -0.392 e. The zero-order valence-electron chi connectivity index (χ0n) is 20.6. The van der Waals surface area contributed by atoms with Gasteiger partial charge in [-0.2, -0.15) is 0 Å². The minimum absolute atomic E-state index is 0.0594. The Hall–Kier alpha value is -1.48. The fraction of sp³-hybridized carbons (Fsp3) is 0.833. The second-order valence-electron chi connectivity index (χ2n) is 9.03. The Bertz CT molecular complexity index is 529. The number of hydrogen-bond donors (Lipinski definition) is 4. The highest BCUT2D eigenvalue weighted by atomic mass is 16.3. The van der Waals surface area contributed by atoms with E-state index in [0.717, 1.165) is 32.1 Å². The Labute approximate surface area is 193 Å². The fourth-order valence-electron chi connectivity index (χ4n) is 3.55. The molecule has 0 rings (SSSR count). The molecular formula is C24H46N2O6. The van der Waals surface area contributed by atoms with E-state index in [9.17, 15) is 30.0 Å². The molecule has 2 amide bonds. The second kappa shape index (κ2) is 17.1. The molecule has 0 aromatic rings. The summed E-state index contributed by atoms with van der Waals surface area (Å²) < 4.78 is 0. The average Bonchev–Trinajstić information content (AvgIpc) is 2.66. The van der Waals surface area contributed by atoms with E-state index < -0.39 is 30.3 Å². The summed E-state index contributed by atoms with van der Waals surface area (Å²) >= 11 is 0. The minimum atomic E-state index is -0.769. The molecule has 0 aromatic heterocycles. The first kappa shape index (κ1) is 30.5. The molecule has 0 saturated carbocycles. The van der Waals surface area contributed by atoms with Crippen LogP contribution in [-0.2, 0) is 9.59 Å². The topological polar surface area (TPSA) is 122 Å². The van der Waals surface area contributed by atoms with Crippen molar-refractivity contribution in [2.24, 2.45) is 5.92 Å². The van der Waals surface area contributed by atoms with Gasteiger partial charge in [0.15, 0.2) is 0 Å². The van der Waals surface area contributed by atoms with E-state index in [1.807, 2.05) is 6.08 Å². The molecule has 32 heavy (non-hydrogen) atoms. The van der Waals surface area contributed by atoms with Gasteiger partial charge in [-0.3, -0.25) is 9.59 Å². The van der Waals surface area contributed by atoms with E-state index in [4.69, 9.17) is 0 Å². The first-order valence-corrected chi connectivity index (χ1v) is 11.9. The predicted octanol–water partition coefficient (Wildman–Crippen LogP) is 1.70. The third-order valence-electron chi connectivity index (χ3n) is 4.91. The van der Waals surface area contributed by atoms with Crippen molar-refractivity contribution in [1.82, 2.24) is 9.80 Å². The van der Waals surface area contributed by atoms with Crippen LogP contribution in [0.5, 0.6) is 0 Å². The maximum atomic E-state index is 13.3. The molecule has 0 aliphatic heterocycles. The van der Waals surface area contributed by atoms with Gasteiger partial charge in [-0.25, -0.2) is 0 Å². The number of hydrogen-bond acceptors (Lipinski definition) is 6. The Morgan fingerprint density at radius 3 is 1.66 bits per heavy atom. The molecule has 188 valence electrons. The number of amides is 2. The standard InChI is InChI=1S/C24H46N2O6/c1-6-7-8-9-10-11-12-22(24(32)26(16-20(4)29)17-21(5)30)13-23(31)25(14-18(2)27)15-19(3)28/h11-12,18-22,27-30H,6-10,13-17H2,1-5H3. The van der Waals surface area contributed by atoms with Gasteiger partial charge in [0.05, 0.1) is 30.3 Å². The van der Waals surface area contributed by atoms with Crippen LogP contribution in [-0.4, -0.2) is 92.6 Å². The molecule has 8 nitrogen and oxygen atoms in total. The number of allylic oxidation sites excluding steroid dienone is 1. The summed E-state index contributed by atoms with van der Waals surface area (Å²) in [5.74, 6) is -1.43. The predicted molar refractivity (Wildman–Crippen MR) is 126 cm³/mol. The maximum Gasteiger partial charge on any atom is 0.230 e. The van der Waals surface area contributed by atoms with Crippen LogP contribution >= 0.6 is 0 Å². The monoisotopic (exact) mass is 458 g/mol. The number of carbonyl (C=O) groups excluding carboxylic acids is 2. The molecule has 0 aliphatic rings. The highest BCUT2D eigenvalue weighted by molar-refractivity contribution is 5.87. The van der Waals surface area contributed by atoms with Crippen LogP contribution in [0.4, 0.5) is 0 Å². The van der Waals surface area contributed by atoms with Crippen molar-refractivity contribution in [3.8, 4) is 0 Å². The number of aliphatic hydroxyl groups is 4. The van der Waals surface area contributed by atoms with Crippen LogP contribution in [0.1, 0.15) is 73.1 Å². The van der Waals surface area contributed by atoms with Crippen LogP contribution in [0.15, 0.2) is 12.2 Å². The molecular weight excluding hydrogens is 412 g/mol. The number of rotatable bonds is 17. The van der Waals surface area contributed by atoms with Crippen LogP contribution in [0, 0.1) is 5.92 Å². The summed E-state index contributed by atoms with van der Waals surface area (Å²) in [7, 11) is 0. The summed E-state index contributed by atoms with van der Waals surface area (Å²) in [5, 5.41) is 39.1. The summed E-state index contributed by atoms with van der Waals surface area (Å²) in [6.07, 6.45) is 5.68. The molecule has 5 atom stereocenters. The molecule has 0 heterocycles. The van der Waals surface area contributed by atoms with Crippen LogP contribution in [0.2, 0.25) is 0 Å². The van der Waals surface area contributed by atoms with Gasteiger partial charge in [0, 0.05) is 32.6 Å². The van der Waals surface area contributed by atoms with Gasteiger partial charge in [0.2, 0.25) is 11.8 Å². The third kappa shape index (κ3) is 14.6. The molecule has 5 unspecified atom stereocenters. The van der Waals surface area contributed by atoms with Crippen molar-refractivity contribution in [3.05, 3.63) is 12.2 Å². The molecule has 8 heteroatoms. The molecule has 0 spiro atoms. The van der Waals surface area contributed by atoms with Crippen LogP contribution < -0.4 is 0 Å². The van der Waals surface area contributed by atoms with E-state index in [-0.39, 0.29) is 44.4 Å². The summed E-state index contributed by atoms with van der Waals surface area (Å²) in [5.41, 5.74) is 0. The summed E-state index contributed by atoms with van der Waals surface area (Å²) in [4.78, 5) is 29.0. The first-order valence-electron chi connectivity index (χ1n) is 11.9. The lowest BCUT2D eigenvalue weighted by Crippen LogP contribution is -2.46. The van der Waals surface area contributed by atoms with E-state index in [1.165, 1.54) is 9.80 Å². The van der Waals surface area contributed by atoms with Gasteiger partial charge in [0.1, 0.15) is 0 Å². The van der Waals surface area contributed by atoms with Gasteiger partial charge in [0.25, 0.3) is 0 Å². The van der Waals surface area contributed by atoms with Crippen molar-refractivity contribution in [1.29, 1.82) is 0 Å². The van der Waals surface area contributed by atoms with Crippen molar-refractivity contribution >= 4 is 11.8 Å². The SMILES string of the molecule is CCCCCCC=CC(CC(=O)N(CC(C)O)CC(C)O)C(=O)N(CC(C)O)CC(C)O. The third-order valence-corrected chi connectivity index (χ3v) is 4.91. The number of unbranched alkanes of at least 4 members (excludes halogenated alkanes) is 4. The van der Waals surface area contributed by atoms with Gasteiger partial charge in [-0.05, 0) is 40.5 Å². The largest absolute Gasteiger partial charge is 0.392 e. The molecule has 0 saturated heterocycles. The van der Waals surface area contributed by atoms with Crippen molar-refractivity contribution in [2.75, 3.05) is 26.2 Å². The Kier molecular flexibility index (Phi) is 16.3. The molecule has 0 aliphatic carbocycles. The highest BCUT2D eigenvalue weighted by Gasteiger charge is 2.28. The van der Waals surface area contributed by atoms with E-state index >= 15 is 0 Å². The van der Waals surface area contributed by atoms with Gasteiger partial charge < -0.3 is 30.2 Å². The van der Waals surface area contributed by atoms with E-state index in [2.05, 4.69) is 6.92 Å². The normalized spacial score (nSPS) is 16.4. The second-order valence-corrected chi connectivity index (χ2v) is 9.03.